The Bertz CT molecular complexity index is 331. The molecular weight excluding hydrogens is 228 g/mol. The second-order valence-corrected chi connectivity index (χ2v) is 11.1. The Hall–Kier alpha value is -0.803. The molecule has 17 heavy (non-hydrogen) atoms. The van der Waals surface area contributed by atoms with Crippen LogP contribution in [0.25, 0.3) is 0 Å². The van der Waals surface area contributed by atoms with Crippen LogP contribution in [0.5, 0.6) is 5.75 Å². The van der Waals surface area contributed by atoms with E-state index in [9.17, 15) is 0 Å². The molecule has 0 aliphatic heterocycles. The second-order valence-electron chi connectivity index (χ2n) is 5.48. The van der Waals surface area contributed by atoms with Crippen LogP contribution < -0.4 is 4.74 Å². The van der Waals surface area contributed by atoms with Gasteiger partial charge in [-0.15, -0.1) is 0 Å². The predicted octanol–water partition coefficient (Wildman–Crippen LogP) is 3.94. The van der Waals surface area contributed by atoms with Crippen LogP contribution in [-0.2, 0) is 11.2 Å². The van der Waals surface area contributed by atoms with Crippen LogP contribution in [-0.4, -0.2) is 21.5 Å². The Balaban J connectivity index is 2.22. The van der Waals surface area contributed by atoms with Crippen LogP contribution in [0.2, 0.25) is 25.7 Å². The fraction of sp³-hybridized carbons (Fsp3) is 0.571. The summed E-state index contributed by atoms with van der Waals surface area (Å²) in [6.45, 7) is 10.4. The van der Waals surface area contributed by atoms with E-state index in [0.29, 0.717) is 6.79 Å². The molecule has 3 heteroatoms. The molecule has 0 aliphatic carbocycles. The van der Waals surface area contributed by atoms with Gasteiger partial charge < -0.3 is 9.47 Å². The molecule has 0 N–H and O–H groups in total. The van der Waals surface area contributed by atoms with Gasteiger partial charge in [-0.25, -0.2) is 0 Å². The molecule has 0 saturated heterocycles. The van der Waals surface area contributed by atoms with Crippen molar-refractivity contribution in [3.05, 3.63) is 29.8 Å². The number of benzene rings is 1. The molecule has 0 spiro atoms. The number of aryl methyl sites for hydroxylation is 1. The predicted molar refractivity (Wildman–Crippen MR) is 75.4 cm³/mol. The van der Waals surface area contributed by atoms with Crippen LogP contribution in [0.1, 0.15) is 12.5 Å². The largest absolute Gasteiger partial charge is 0.468 e. The van der Waals surface area contributed by atoms with Crippen LogP contribution in [0.4, 0.5) is 0 Å². The summed E-state index contributed by atoms with van der Waals surface area (Å²) in [5.41, 5.74) is 1.30. The van der Waals surface area contributed by atoms with E-state index in [4.69, 9.17) is 9.47 Å². The Kier molecular flexibility index (Phi) is 5.72. The summed E-state index contributed by atoms with van der Waals surface area (Å²) in [5, 5.41) is 0. The molecule has 0 aliphatic rings. The summed E-state index contributed by atoms with van der Waals surface area (Å²) in [6.07, 6.45) is 1.04. The number of rotatable bonds is 7. The van der Waals surface area contributed by atoms with Crippen molar-refractivity contribution in [3.8, 4) is 5.75 Å². The van der Waals surface area contributed by atoms with Gasteiger partial charge in [0.2, 0.25) is 0 Å². The van der Waals surface area contributed by atoms with Gasteiger partial charge in [-0.1, -0.05) is 38.7 Å². The van der Waals surface area contributed by atoms with E-state index in [1.54, 1.807) is 0 Å². The van der Waals surface area contributed by atoms with Gasteiger partial charge in [-0.2, -0.15) is 0 Å². The van der Waals surface area contributed by atoms with Crippen molar-refractivity contribution < 1.29 is 9.47 Å². The molecule has 0 heterocycles. The maximum absolute atomic E-state index is 5.56. The van der Waals surface area contributed by atoms with Gasteiger partial charge >= 0.3 is 0 Å². The van der Waals surface area contributed by atoms with Gasteiger partial charge in [0, 0.05) is 14.7 Å². The van der Waals surface area contributed by atoms with Crippen LogP contribution >= 0.6 is 0 Å². The maximum Gasteiger partial charge on any atom is 0.189 e. The summed E-state index contributed by atoms with van der Waals surface area (Å²) in [4.78, 5) is 0. The fourth-order valence-corrected chi connectivity index (χ4v) is 2.16. The summed E-state index contributed by atoms with van der Waals surface area (Å²) in [6, 6.07) is 9.36. The first-order valence-electron chi connectivity index (χ1n) is 6.31. The van der Waals surface area contributed by atoms with E-state index >= 15 is 0 Å². The number of hydrogen-bond acceptors (Lipinski definition) is 2. The van der Waals surface area contributed by atoms with Crippen molar-refractivity contribution >= 4 is 8.07 Å². The van der Waals surface area contributed by atoms with Crippen molar-refractivity contribution in [2.45, 2.75) is 39.0 Å². The van der Waals surface area contributed by atoms with Crippen molar-refractivity contribution in [3.63, 3.8) is 0 Å². The zero-order valence-electron chi connectivity index (χ0n) is 11.5. The van der Waals surface area contributed by atoms with E-state index in [0.717, 1.165) is 18.8 Å². The lowest BCUT2D eigenvalue weighted by Crippen LogP contribution is -2.22. The second kappa shape index (κ2) is 6.82. The Morgan fingerprint density at radius 1 is 1.18 bits per heavy atom. The minimum absolute atomic E-state index is 0.359. The Morgan fingerprint density at radius 3 is 2.59 bits per heavy atom. The summed E-state index contributed by atoms with van der Waals surface area (Å²) < 4.78 is 11.1. The Morgan fingerprint density at radius 2 is 1.94 bits per heavy atom. The lowest BCUT2D eigenvalue weighted by atomic mass is 10.2. The highest BCUT2D eigenvalue weighted by Gasteiger charge is 2.11. The summed E-state index contributed by atoms with van der Waals surface area (Å²) in [5.74, 6) is 0.900. The third-order valence-corrected chi connectivity index (χ3v) is 4.32. The van der Waals surface area contributed by atoms with E-state index in [1.807, 2.05) is 12.1 Å². The highest BCUT2D eigenvalue weighted by atomic mass is 28.3. The van der Waals surface area contributed by atoms with Crippen molar-refractivity contribution in [2.75, 3.05) is 13.4 Å². The van der Waals surface area contributed by atoms with Gasteiger partial charge in [-0.05, 0) is 30.2 Å². The SMILES string of the molecule is CCc1cccc(OCOCC[Si](C)(C)C)c1. The molecule has 0 unspecified atom stereocenters. The Labute approximate surface area is 106 Å². The zero-order valence-corrected chi connectivity index (χ0v) is 12.5. The normalized spacial score (nSPS) is 11.5. The van der Waals surface area contributed by atoms with E-state index in [2.05, 4.69) is 38.7 Å². The quantitative estimate of drug-likeness (QED) is 0.416. The topological polar surface area (TPSA) is 18.5 Å². The van der Waals surface area contributed by atoms with Gasteiger partial charge in [0.05, 0.1) is 0 Å². The third-order valence-electron chi connectivity index (χ3n) is 2.61. The highest BCUT2D eigenvalue weighted by molar-refractivity contribution is 6.76. The minimum atomic E-state index is -0.982. The molecule has 0 bridgehead atoms. The molecule has 96 valence electrons. The first kappa shape index (κ1) is 14.3. The number of hydrogen-bond donors (Lipinski definition) is 0. The van der Waals surface area contributed by atoms with Crippen molar-refractivity contribution in [1.82, 2.24) is 0 Å². The standard InChI is InChI=1S/C14H24O2Si/c1-5-13-7-6-8-14(11-13)16-12-15-9-10-17(2,3)4/h6-8,11H,5,9-10,12H2,1-4H3. The smallest absolute Gasteiger partial charge is 0.189 e. The number of ether oxygens (including phenoxy) is 2. The molecule has 1 aromatic carbocycles. The first-order valence-corrected chi connectivity index (χ1v) is 10.0. The molecule has 1 rings (SSSR count). The van der Waals surface area contributed by atoms with Crippen LogP contribution in [0, 0.1) is 0 Å². The molecular formula is C14H24O2Si. The summed E-state index contributed by atoms with van der Waals surface area (Å²) in [7, 11) is -0.982. The molecule has 0 atom stereocenters. The van der Waals surface area contributed by atoms with Gasteiger partial charge in [0.15, 0.2) is 6.79 Å². The van der Waals surface area contributed by atoms with Gasteiger partial charge in [0.1, 0.15) is 5.75 Å². The summed E-state index contributed by atoms with van der Waals surface area (Å²) >= 11 is 0. The van der Waals surface area contributed by atoms with Crippen molar-refractivity contribution in [2.24, 2.45) is 0 Å². The molecule has 0 aromatic heterocycles. The molecule has 0 amide bonds. The lowest BCUT2D eigenvalue weighted by Gasteiger charge is -2.15. The maximum atomic E-state index is 5.56. The molecule has 0 fully saturated rings. The molecule has 0 radical (unpaired) electrons. The van der Waals surface area contributed by atoms with E-state index in [-0.39, 0.29) is 0 Å². The van der Waals surface area contributed by atoms with Crippen molar-refractivity contribution in [1.29, 1.82) is 0 Å². The fourth-order valence-electron chi connectivity index (χ4n) is 1.40. The monoisotopic (exact) mass is 252 g/mol. The van der Waals surface area contributed by atoms with Crippen LogP contribution in [0.3, 0.4) is 0 Å². The molecule has 1 aromatic rings. The average molecular weight is 252 g/mol. The minimum Gasteiger partial charge on any atom is -0.468 e. The lowest BCUT2D eigenvalue weighted by molar-refractivity contribution is 0.0220. The highest BCUT2D eigenvalue weighted by Crippen LogP contribution is 2.14. The van der Waals surface area contributed by atoms with Crippen LogP contribution in [0.15, 0.2) is 24.3 Å². The molecule has 0 saturated carbocycles. The van der Waals surface area contributed by atoms with E-state index in [1.165, 1.54) is 11.6 Å². The van der Waals surface area contributed by atoms with Gasteiger partial charge in [0.25, 0.3) is 0 Å². The first-order chi connectivity index (χ1) is 8.01. The molecule has 2 nitrogen and oxygen atoms in total. The van der Waals surface area contributed by atoms with E-state index < -0.39 is 8.07 Å². The third kappa shape index (κ3) is 6.49. The zero-order chi connectivity index (χ0) is 12.7. The average Bonchev–Trinajstić information content (AvgIpc) is 2.27. The van der Waals surface area contributed by atoms with Gasteiger partial charge in [-0.3, -0.25) is 0 Å².